The summed E-state index contributed by atoms with van der Waals surface area (Å²) in [5, 5.41) is 7.77. The van der Waals surface area contributed by atoms with Crippen LogP contribution < -0.4 is 5.32 Å². The number of amides is 1. The molecule has 0 bridgehead atoms. The number of nitrogens with zero attached hydrogens (tertiary/aromatic N) is 1. The van der Waals surface area contributed by atoms with E-state index in [2.05, 4.69) is 67.5 Å². The number of thiazole rings is 1. The minimum Gasteiger partial charge on any atom is -0.298 e. The molecule has 0 aliphatic heterocycles. The van der Waals surface area contributed by atoms with Gasteiger partial charge in [0.1, 0.15) is 0 Å². The Morgan fingerprint density at radius 2 is 1.70 bits per heavy atom. The van der Waals surface area contributed by atoms with E-state index in [4.69, 9.17) is 0 Å². The topological polar surface area (TPSA) is 42.0 Å². The summed E-state index contributed by atoms with van der Waals surface area (Å²) in [5.74, 6) is -0.186. The first-order chi connectivity index (χ1) is 14.4. The fourth-order valence-corrected chi connectivity index (χ4v) is 4.03. The second kappa shape index (κ2) is 8.25. The summed E-state index contributed by atoms with van der Waals surface area (Å²) in [4.78, 5) is 17.0. The number of hydrogen-bond donors (Lipinski definition) is 1. The van der Waals surface area contributed by atoms with Gasteiger partial charge in [-0.2, -0.15) is 0 Å². The van der Waals surface area contributed by atoms with Gasteiger partial charge in [-0.05, 0) is 33.4 Å². The molecule has 4 heteroatoms. The van der Waals surface area contributed by atoms with Gasteiger partial charge in [0.25, 0.3) is 0 Å². The Morgan fingerprint density at radius 1 is 0.967 bits per heavy atom. The van der Waals surface area contributed by atoms with Gasteiger partial charge in [0.05, 0.1) is 5.69 Å². The van der Waals surface area contributed by atoms with E-state index in [1.165, 1.54) is 22.3 Å². The van der Waals surface area contributed by atoms with Crippen LogP contribution in [0.4, 0.5) is 5.13 Å². The van der Waals surface area contributed by atoms with Gasteiger partial charge in [0.2, 0.25) is 5.91 Å². The maximum atomic E-state index is 12.3. The van der Waals surface area contributed by atoms with E-state index in [0.717, 1.165) is 22.2 Å². The molecule has 0 spiro atoms. The normalized spacial score (nSPS) is 11.8. The Balaban J connectivity index is 1.46. The zero-order valence-electron chi connectivity index (χ0n) is 17.3. The van der Waals surface area contributed by atoms with Crippen molar-refractivity contribution >= 4 is 39.2 Å². The number of aromatic nitrogens is 1. The van der Waals surface area contributed by atoms with Crippen molar-refractivity contribution in [3.05, 3.63) is 89.3 Å². The summed E-state index contributed by atoms with van der Waals surface area (Å²) in [7, 11) is 0. The summed E-state index contributed by atoms with van der Waals surface area (Å²) in [6, 6.07) is 22.7. The smallest absolute Gasteiger partial charge is 0.250 e. The monoisotopic (exact) mass is 412 g/mol. The molecular formula is C26H24N2OS. The standard InChI is InChI=1S/C26H24N2OS/c1-26(2,3)20-14-11-18(12-15-20)13-16-24(29)28-25-27-23(17-30-25)22-10-6-8-19-7-4-5-9-21(19)22/h4-17H,1-3H3,(H,27,28,29)/b16-13+. The molecule has 0 aliphatic rings. The van der Waals surface area contributed by atoms with Gasteiger partial charge in [-0.25, -0.2) is 4.98 Å². The minimum atomic E-state index is -0.186. The number of carbonyl (C=O) groups is 1. The summed E-state index contributed by atoms with van der Waals surface area (Å²) >= 11 is 1.43. The van der Waals surface area contributed by atoms with Crippen molar-refractivity contribution < 1.29 is 4.79 Å². The van der Waals surface area contributed by atoms with Crippen molar-refractivity contribution in [1.82, 2.24) is 4.98 Å². The Bertz CT molecular complexity index is 1210. The molecule has 4 rings (SSSR count). The van der Waals surface area contributed by atoms with Gasteiger partial charge < -0.3 is 0 Å². The highest BCUT2D eigenvalue weighted by Crippen LogP contribution is 2.31. The lowest BCUT2D eigenvalue weighted by Crippen LogP contribution is -2.10. The van der Waals surface area contributed by atoms with Gasteiger partial charge in [0, 0.05) is 17.0 Å². The van der Waals surface area contributed by atoms with E-state index in [1.807, 2.05) is 41.8 Å². The maximum Gasteiger partial charge on any atom is 0.250 e. The van der Waals surface area contributed by atoms with Crippen LogP contribution in [0, 0.1) is 0 Å². The molecule has 1 heterocycles. The summed E-state index contributed by atoms with van der Waals surface area (Å²) < 4.78 is 0. The van der Waals surface area contributed by atoms with Gasteiger partial charge >= 0.3 is 0 Å². The van der Waals surface area contributed by atoms with Crippen molar-refractivity contribution in [3.8, 4) is 11.3 Å². The average Bonchev–Trinajstić information content (AvgIpc) is 3.19. The predicted octanol–water partition coefficient (Wildman–Crippen LogP) is 6.91. The first kappa shape index (κ1) is 20.0. The van der Waals surface area contributed by atoms with E-state index in [0.29, 0.717) is 5.13 Å². The third-order valence-corrected chi connectivity index (χ3v) is 5.76. The third-order valence-electron chi connectivity index (χ3n) is 5.00. The molecule has 0 saturated heterocycles. The zero-order valence-corrected chi connectivity index (χ0v) is 18.2. The zero-order chi connectivity index (χ0) is 21.1. The Kier molecular flexibility index (Phi) is 5.51. The first-order valence-electron chi connectivity index (χ1n) is 9.93. The number of benzene rings is 3. The molecule has 0 unspecified atom stereocenters. The molecule has 1 N–H and O–H groups in total. The molecule has 0 aliphatic carbocycles. The summed E-state index contributed by atoms with van der Waals surface area (Å²) in [6.45, 7) is 6.56. The van der Waals surface area contributed by atoms with E-state index in [1.54, 1.807) is 6.08 Å². The number of fused-ring (bicyclic) bond motifs is 1. The lowest BCUT2D eigenvalue weighted by molar-refractivity contribution is -0.111. The second-order valence-electron chi connectivity index (χ2n) is 8.26. The first-order valence-corrected chi connectivity index (χ1v) is 10.8. The molecule has 0 radical (unpaired) electrons. The molecule has 0 saturated carbocycles. The van der Waals surface area contributed by atoms with E-state index >= 15 is 0 Å². The van der Waals surface area contributed by atoms with Gasteiger partial charge in [-0.1, -0.05) is 87.5 Å². The SMILES string of the molecule is CC(C)(C)c1ccc(/C=C/C(=O)Nc2nc(-c3cccc4ccccc34)cs2)cc1. The molecule has 0 fully saturated rings. The average molecular weight is 413 g/mol. The van der Waals surface area contributed by atoms with Gasteiger partial charge in [-0.3, -0.25) is 10.1 Å². The Morgan fingerprint density at radius 3 is 2.47 bits per heavy atom. The Hall–Kier alpha value is -3.24. The van der Waals surface area contributed by atoms with E-state index in [-0.39, 0.29) is 11.3 Å². The number of hydrogen-bond acceptors (Lipinski definition) is 3. The van der Waals surface area contributed by atoms with Gasteiger partial charge in [0.15, 0.2) is 5.13 Å². The van der Waals surface area contributed by atoms with Crippen LogP contribution >= 0.6 is 11.3 Å². The highest BCUT2D eigenvalue weighted by Gasteiger charge is 2.12. The van der Waals surface area contributed by atoms with E-state index < -0.39 is 0 Å². The second-order valence-corrected chi connectivity index (χ2v) is 9.12. The van der Waals surface area contributed by atoms with Crippen LogP contribution in [0.5, 0.6) is 0 Å². The highest BCUT2D eigenvalue weighted by molar-refractivity contribution is 7.14. The molecule has 150 valence electrons. The van der Waals surface area contributed by atoms with Crippen molar-refractivity contribution in [2.24, 2.45) is 0 Å². The van der Waals surface area contributed by atoms with Crippen LogP contribution in [-0.4, -0.2) is 10.9 Å². The fourth-order valence-electron chi connectivity index (χ4n) is 3.32. The van der Waals surface area contributed by atoms with Crippen molar-refractivity contribution in [2.45, 2.75) is 26.2 Å². The van der Waals surface area contributed by atoms with Gasteiger partial charge in [-0.15, -0.1) is 11.3 Å². The number of carbonyl (C=O) groups excluding carboxylic acids is 1. The molecule has 1 amide bonds. The molecule has 3 aromatic carbocycles. The fraction of sp³-hybridized carbons (Fsp3) is 0.154. The van der Waals surface area contributed by atoms with Crippen molar-refractivity contribution in [2.75, 3.05) is 5.32 Å². The Labute approximate surface area is 181 Å². The molecule has 4 aromatic rings. The van der Waals surface area contributed by atoms with Crippen LogP contribution in [0.1, 0.15) is 31.9 Å². The summed E-state index contributed by atoms with van der Waals surface area (Å²) in [6.07, 6.45) is 3.37. The molecule has 30 heavy (non-hydrogen) atoms. The molecular weight excluding hydrogens is 388 g/mol. The van der Waals surface area contributed by atoms with Crippen LogP contribution in [0.15, 0.2) is 78.2 Å². The molecule has 1 aromatic heterocycles. The minimum absolute atomic E-state index is 0.117. The van der Waals surface area contributed by atoms with Crippen LogP contribution in [0.25, 0.3) is 28.1 Å². The maximum absolute atomic E-state index is 12.3. The predicted molar refractivity (Wildman–Crippen MR) is 128 cm³/mol. The number of nitrogens with one attached hydrogen (secondary N) is 1. The number of anilines is 1. The van der Waals surface area contributed by atoms with E-state index in [9.17, 15) is 4.79 Å². The lowest BCUT2D eigenvalue weighted by atomic mass is 9.87. The molecule has 3 nitrogen and oxygen atoms in total. The highest BCUT2D eigenvalue weighted by atomic mass is 32.1. The largest absolute Gasteiger partial charge is 0.298 e. The van der Waals surface area contributed by atoms with Crippen LogP contribution in [0.2, 0.25) is 0 Å². The van der Waals surface area contributed by atoms with Crippen molar-refractivity contribution in [3.63, 3.8) is 0 Å². The summed E-state index contributed by atoms with van der Waals surface area (Å²) in [5.41, 5.74) is 4.32. The molecule has 0 atom stereocenters. The van der Waals surface area contributed by atoms with Crippen molar-refractivity contribution in [1.29, 1.82) is 0 Å². The third kappa shape index (κ3) is 4.50. The lowest BCUT2D eigenvalue weighted by Gasteiger charge is -2.18. The van der Waals surface area contributed by atoms with Crippen LogP contribution in [0.3, 0.4) is 0 Å². The van der Waals surface area contributed by atoms with Crippen LogP contribution in [-0.2, 0) is 10.2 Å². The quantitative estimate of drug-likeness (QED) is 0.370. The number of rotatable bonds is 4.